The van der Waals surface area contributed by atoms with E-state index in [0.29, 0.717) is 0 Å². The zero-order valence-corrected chi connectivity index (χ0v) is 73.3. The first-order chi connectivity index (χ1) is 68.5. The maximum Gasteiger partial charge on any atom is 0.374 e. The van der Waals surface area contributed by atoms with Crippen molar-refractivity contribution >= 4 is 261 Å². The molecule has 0 radical (unpaired) electrons. The van der Waals surface area contributed by atoms with E-state index in [1.54, 1.807) is 12.4 Å². The lowest BCUT2D eigenvalue weighted by atomic mass is 10.0. The van der Waals surface area contributed by atoms with E-state index in [0.717, 1.165) is 89.2 Å². The largest absolute Gasteiger partial charge is 0.394 e. The second-order valence-electron chi connectivity index (χ2n) is 37.2. The highest BCUT2D eigenvalue weighted by Gasteiger charge is 2.35. The molecule has 0 spiro atoms. The van der Waals surface area contributed by atoms with E-state index in [1.165, 1.54) is 229 Å². The molecule has 21 aromatic carbocycles. The average Bonchev–Trinajstić information content (AvgIpc) is 1.51. The molecule has 0 unspecified atom stereocenters. The standard InChI is InChI=1S/C46H24N4.C42H22N4.C37H19N5/c1-2-11-26-25(10-1)20-21-32-41-45-33(24-34-28-13-4-8-19-38(28)50(44(26)32)46(34)41)27-12-3-7-18-37(27)49(45)39-23-22-31-40-29(39)14-9-15-30(40)42-43(31)48-36-17-6-5-16-35(36)47-42;1-2-9-24-23(8-1)16-17-30-37-41-31(22-32-26-11-4-6-15-34(26)46(40(24)30)42(32)37)25-10-3-5-14-33(25)45(41)35-19-18-29-36-27(35)12-7-13-28(36)38-39(29)44-21-20-43-38;1-38-37-39-29-15-7-4-14-25(29)36(40-37)42-31-17-9-6-13-24(31)28-20-27-23-12-5-8-16-30(23)41-33-22-11-3-2-10-21(22)18-19-26(33)32(34(27)41)35(28)42/h1-24H;1-22H;2-20H. The monoisotopic (exact) mass is 1750 g/mol. The van der Waals surface area contributed by atoms with Crippen LogP contribution in [0.4, 0.5) is 5.95 Å². The fourth-order valence-corrected chi connectivity index (χ4v) is 25.3. The molecule has 630 valence electrons. The summed E-state index contributed by atoms with van der Waals surface area (Å²) in [5, 5.41) is 35.9. The molecule has 0 aliphatic heterocycles. The summed E-state index contributed by atoms with van der Waals surface area (Å²) in [4.78, 5) is 32.9. The Morgan fingerprint density at radius 2 is 0.507 bits per heavy atom. The van der Waals surface area contributed by atoms with Crippen LogP contribution >= 0.6 is 0 Å². The Hall–Kier alpha value is -19.0. The quantitative estimate of drug-likeness (QED) is 0.163. The lowest BCUT2D eigenvalue weighted by Crippen LogP contribution is -2.00. The maximum atomic E-state index is 7.78. The first kappa shape index (κ1) is 72.6. The summed E-state index contributed by atoms with van der Waals surface area (Å²) in [5.74, 6) is 0.873. The molecule has 0 saturated carbocycles. The van der Waals surface area contributed by atoms with Crippen molar-refractivity contribution < 1.29 is 0 Å². The van der Waals surface area contributed by atoms with Gasteiger partial charge in [-0.3, -0.25) is 14.5 Å². The van der Waals surface area contributed by atoms with Crippen LogP contribution in [0.3, 0.4) is 0 Å². The van der Waals surface area contributed by atoms with Crippen molar-refractivity contribution in [2.75, 3.05) is 0 Å². The zero-order valence-electron chi connectivity index (χ0n) is 73.3. The van der Waals surface area contributed by atoms with Crippen molar-refractivity contribution in [1.82, 2.24) is 56.8 Å². The van der Waals surface area contributed by atoms with Crippen molar-refractivity contribution in [3.63, 3.8) is 0 Å². The van der Waals surface area contributed by atoms with E-state index in [4.69, 9.17) is 31.5 Å². The molecule has 0 bridgehead atoms. The summed E-state index contributed by atoms with van der Waals surface area (Å²) in [6.45, 7) is 7.78. The lowest BCUT2D eigenvalue weighted by Gasteiger charge is -2.14. The van der Waals surface area contributed by atoms with E-state index in [1.807, 2.05) is 30.3 Å². The van der Waals surface area contributed by atoms with Crippen LogP contribution < -0.4 is 0 Å². The molecule has 0 amide bonds. The van der Waals surface area contributed by atoms with E-state index in [2.05, 4.69) is 389 Å². The number of rotatable bonds is 3. The van der Waals surface area contributed by atoms with Crippen molar-refractivity contribution in [2.24, 2.45) is 0 Å². The Morgan fingerprint density at radius 1 is 0.196 bits per heavy atom. The Morgan fingerprint density at radius 3 is 0.920 bits per heavy atom. The molecule has 138 heavy (non-hydrogen) atoms. The first-order valence-corrected chi connectivity index (χ1v) is 46.9. The molecule has 0 fully saturated rings. The lowest BCUT2D eigenvalue weighted by molar-refractivity contribution is 1.09. The second-order valence-corrected chi connectivity index (χ2v) is 37.2. The van der Waals surface area contributed by atoms with Crippen molar-refractivity contribution in [3.05, 3.63) is 406 Å². The minimum atomic E-state index is 0.146. The number of aromatic nitrogens is 12. The van der Waals surface area contributed by atoms with E-state index >= 15 is 0 Å². The number of nitrogens with zero attached hydrogens (tertiary/aromatic N) is 13. The van der Waals surface area contributed by atoms with Crippen LogP contribution in [0.2, 0.25) is 0 Å². The summed E-state index contributed by atoms with van der Waals surface area (Å²) < 4.78 is 14.9. The summed E-state index contributed by atoms with van der Waals surface area (Å²) in [6.07, 6.45) is 3.59. The van der Waals surface area contributed by atoms with Crippen LogP contribution in [0.25, 0.3) is 323 Å². The third-order valence-corrected chi connectivity index (χ3v) is 30.6. The van der Waals surface area contributed by atoms with Crippen LogP contribution in [0.1, 0.15) is 0 Å². The number of benzene rings is 21. The number of para-hydroxylation sites is 9. The Bertz CT molecular complexity index is 11400. The number of hydrogen-bond acceptors (Lipinski definition) is 6. The van der Waals surface area contributed by atoms with Crippen LogP contribution in [0.5, 0.6) is 0 Å². The van der Waals surface area contributed by atoms with Crippen LogP contribution in [-0.2, 0) is 0 Å². The molecule has 0 N–H and O–H groups in total. The van der Waals surface area contributed by atoms with E-state index in [9.17, 15) is 0 Å². The predicted molar refractivity (Wildman–Crippen MR) is 571 cm³/mol. The molecular formula is C125H65N13. The molecule has 2 aliphatic carbocycles. The normalized spacial score (nSPS) is 12.6. The first-order valence-electron chi connectivity index (χ1n) is 46.9. The highest BCUT2D eigenvalue weighted by atomic mass is 15.1. The summed E-state index contributed by atoms with van der Waals surface area (Å²) in [5.41, 5.74) is 31.7. The summed E-state index contributed by atoms with van der Waals surface area (Å²) >= 11 is 0. The fraction of sp³-hybridized carbons (Fsp3) is 0. The minimum Gasteiger partial charge on any atom is -0.394 e. The molecule has 12 heterocycles. The van der Waals surface area contributed by atoms with Crippen LogP contribution in [-0.4, -0.2) is 56.8 Å². The third-order valence-electron chi connectivity index (χ3n) is 30.6. The van der Waals surface area contributed by atoms with Gasteiger partial charge in [-0.25, -0.2) is 9.97 Å². The van der Waals surface area contributed by atoms with Gasteiger partial charge in [-0.05, 0) is 119 Å². The Balaban J connectivity index is 0.0000000928. The summed E-state index contributed by atoms with van der Waals surface area (Å²) in [7, 11) is 0. The van der Waals surface area contributed by atoms with Gasteiger partial charge in [-0.1, -0.05) is 279 Å². The smallest absolute Gasteiger partial charge is 0.374 e. The SMILES string of the molecule is [C-]#[N+]c1nc(-n2c3ccccc3c3cc4c5ccccc5n5c6c7ccccc7ccc6c(c32)c45)c2ccccc2n1.c1ccc2c(c1)ccc1c3c4c(cc5c6ccccc6n(c21)c53)c1ccccc1n4-c1ccc2c3c(cccc13)-c1nc3ccccc3nc1-2.c1ccc2c(c1)ccc1c3c4c(cc5c6ccccc6n(c21)c53)c1ccccc1n4-c1ccc2c3c(cccc13)-c1nccnc1-2. The van der Waals surface area contributed by atoms with Gasteiger partial charge in [0.15, 0.2) is 0 Å². The highest BCUT2D eigenvalue weighted by Crippen LogP contribution is 2.57. The van der Waals surface area contributed by atoms with Crippen LogP contribution in [0.15, 0.2) is 395 Å². The fourth-order valence-electron chi connectivity index (χ4n) is 25.3. The van der Waals surface area contributed by atoms with Gasteiger partial charge >= 0.3 is 5.95 Å². The summed E-state index contributed by atoms with van der Waals surface area (Å²) in [6, 6.07) is 139. The van der Waals surface area contributed by atoms with Gasteiger partial charge in [0.25, 0.3) is 0 Å². The third kappa shape index (κ3) is 9.09. The molecule has 2 aliphatic rings. The van der Waals surface area contributed by atoms with Gasteiger partial charge in [0.05, 0.1) is 133 Å². The van der Waals surface area contributed by atoms with E-state index in [-0.39, 0.29) is 5.95 Å². The predicted octanol–water partition coefficient (Wildman–Crippen LogP) is 32.1. The minimum absolute atomic E-state index is 0.146. The molecule has 0 saturated heterocycles. The average molecular weight is 1750 g/mol. The Kier molecular flexibility index (Phi) is 13.8. The molecule has 0 atom stereocenters. The Labute approximate surface area is 781 Å². The van der Waals surface area contributed by atoms with Gasteiger partial charge in [0.1, 0.15) is 5.52 Å². The molecule has 13 nitrogen and oxygen atoms in total. The van der Waals surface area contributed by atoms with Gasteiger partial charge in [0, 0.05) is 169 Å². The molecule has 33 aromatic rings. The molecule has 35 rings (SSSR count). The van der Waals surface area contributed by atoms with Gasteiger partial charge < -0.3 is 27.2 Å². The second kappa shape index (κ2) is 26.2. The molecular weight excluding hydrogens is 1680 g/mol. The van der Waals surface area contributed by atoms with Crippen molar-refractivity contribution in [1.29, 1.82) is 0 Å². The molecule has 12 aromatic heterocycles. The van der Waals surface area contributed by atoms with Crippen molar-refractivity contribution in [2.45, 2.75) is 0 Å². The van der Waals surface area contributed by atoms with Gasteiger partial charge in [-0.2, -0.15) is 0 Å². The highest BCUT2D eigenvalue weighted by molar-refractivity contribution is 6.41. The van der Waals surface area contributed by atoms with Gasteiger partial charge in [0.2, 0.25) is 5.82 Å². The topological polar surface area (TPSA) is 110 Å². The molecule has 13 heteroatoms. The van der Waals surface area contributed by atoms with Crippen molar-refractivity contribution in [3.8, 4) is 62.2 Å². The maximum absolute atomic E-state index is 7.78. The zero-order chi connectivity index (χ0) is 89.4. The number of hydrogen-bond donors (Lipinski definition) is 0. The van der Waals surface area contributed by atoms with Gasteiger partial charge in [-0.15, -0.1) is 16.5 Å². The van der Waals surface area contributed by atoms with E-state index < -0.39 is 0 Å². The number of fused-ring (bicyclic) bond motifs is 44. The van der Waals surface area contributed by atoms with Crippen LogP contribution in [0, 0.1) is 6.57 Å².